The zero-order chi connectivity index (χ0) is 23.2. The van der Waals surface area contributed by atoms with E-state index in [0.717, 1.165) is 17.7 Å². The summed E-state index contributed by atoms with van der Waals surface area (Å²) in [6.07, 6.45) is 0. The van der Waals surface area contributed by atoms with E-state index in [-0.39, 0.29) is 19.0 Å². The summed E-state index contributed by atoms with van der Waals surface area (Å²) in [4.78, 5) is 12.4. The molecule has 0 bridgehead atoms. The van der Waals surface area contributed by atoms with Gasteiger partial charge >= 0.3 is 21.6 Å². The van der Waals surface area contributed by atoms with Gasteiger partial charge in [0.25, 0.3) is 0 Å². The Labute approximate surface area is 182 Å². The number of halogens is 3. The predicted molar refractivity (Wildman–Crippen MR) is 108 cm³/mol. The van der Waals surface area contributed by atoms with Crippen molar-refractivity contribution < 1.29 is 40.0 Å². The average Bonchev–Trinajstić information content (AvgIpc) is 2.76. The number of rotatable bonds is 8. The molecule has 0 spiro atoms. The SMILES string of the molecule is O=C(OCc1ccccc1)c1ccc(OCc2ccccc2)cc1OS(=O)(=O)C(F)(F)F. The number of carbonyl (C=O) groups is 1. The van der Waals surface area contributed by atoms with Crippen LogP contribution in [-0.2, 0) is 28.1 Å². The molecule has 3 aromatic rings. The molecule has 0 saturated carbocycles. The highest BCUT2D eigenvalue weighted by Gasteiger charge is 2.49. The molecule has 0 aromatic heterocycles. The van der Waals surface area contributed by atoms with Crippen molar-refractivity contribution in [3.05, 3.63) is 95.6 Å². The maximum absolute atomic E-state index is 12.8. The van der Waals surface area contributed by atoms with E-state index in [0.29, 0.717) is 5.56 Å². The Balaban J connectivity index is 1.84. The van der Waals surface area contributed by atoms with Crippen molar-refractivity contribution in [1.82, 2.24) is 0 Å². The molecule has 0 amide bonds. The van der Waals surface area contributed by atoms with Crippen molar-refractivity contribution in [2.75, 3.05) is 0 Å². The molecular formula is C22H17F3O6S. The van der Waals surface area contributed by atoms with E-state index in [4.69, 9.17) is 9.47 Å². The summed E-state index contributed by atoms with van der Waals surface area (Å²) in [5.41, 5.74) is -4.78. The lowest BCUT2D eigenvalue weighted by molar-refractivity contribution is -0.0500. The van der Waals surface area contributed by atoms with Crippen LogP contribution in [0.3, 0.4) is 0 Å². The summed E-state index contributed by atoms with van der Waals surface area (Å²) in [5, 5.41) is 0. The van der Waals surface area contributed by atoms with Crippen LogP contribution in [0.4, 0.5) is 13.2 Å². The third-order valence-corrected chi connectivity index (χ3v) is 5.08. The summed E-state index contributed by atoms with van der Waals surface area (Å²) < 4.78 is 76.4. The number of ether oxygens (including phenoxy) is 2. The maximum atomic E-state index is 12.8. The highest BCUT2D eigenvalue weighted by molar-refractivity contribution is 7.88. The smallest absolute Gasteiger partial charge is 0.489 e. The molecule has 0 heterocycles. The van der Waals surface area contributed by atoms with E-state index in [1.807, 2.05) is 0 Å². The molecule has 3 aromatic carbocycles. The fourth-order valence-electron chi connectivity index (χ4n) is 2.54. The third-order valence-electron chi connectivity index (χ3n) is 4.12. The molecule has 0 radical (unpaired) electrons. The normalized spacial score (nSPS) is 11.6. The molecule has 0 aliphatic carbocycles. The van der Waals surface area contributed by atoms with E-state index in [9.17, 15) is 26.4 Å². The second-order valence-corrected chi connectivity index (χ2v) is 8.01. The molecule has 6 nitrogen and oxygen atoms in total. The highest BCUT2D eigenvalue weighted by atomic mass is 32.2. The molecular weight excluding hydrogens is 449 g/mol. The second-order valence-electron chi connectivity index (χ2n) is 6.48. The number of benzene rings is 3. The summed E-state index contributed by atoms with van der Waals surface area (Å²) in [5.74, 6) is -1.91. The van der Waals surface area contributed by atoms with Crippen LogP contribution in [0.25, 0.3) is 0 Å². The van der Waals surface area contributed by atoms with E-state index in [1.54, 1.807) is 60.7 Å². The van der Waals surface area contributed by atoms with E-state index < -0.39 is 32.9 Å². The van der Waals surface area contributed by atoms with Gasteiger partial charge in [-0.25, -0.2) is 4.79 Å². The standard InChI is InChI=1S/C22H17F3O6S/c23-22(24,25)32(27,28)31-20-13-18(29-14-16-7-3-1-4-8-16)11-12-19(20)21(26)30-15-17-9-5-2-6-10-17/h1-13H,14-15H2. The van der Waals surface area contributed by atoms with Gasteiger partial charge in [0.2, 0.25) is 0 Å². The Bertz CT molecular complexity index is 1160. The fraction of sp³-hybridized carbons (Fsp3) is 0.136. The summed E-state index contributed by atoms with van der Waals surface area (Å²) >= 11 is 0. The van der Waals surface area contributed by atoms with Crippen molar-refractivity contribution in [3.63, 3.8) is 0 Å². The van der Waals surface area contributed by atoms with E-state index in [1.165, 1.54) is 6.07 Å². The summed E-state index contributed by atoms with van der Waals surface area (Å²) in [7, 11) is -6.02. The van der Waals surface area contributed by atoms with Crippen LogP contribution in [-0.4, -0.2) is 19.9 Å². The number of esters is 1. The first-order valence-electron chi connectivity index (χ1n) is 9.18. The first-order chi connectivity index (χ1) is 15.2. The average molecular weight is 466 g/mol. The molecule has 0 N–H and O–H groups in total. The van der Waals surface area contributed by atoms with Crippen LogP contribution < -0.4 is 8.92 Å². The minimum Gasteiger partial charge on any atom is -0.489 e. The second kappa shape index (κ2) is 9.73. The van der Waals surface area contributed by atoms with Crippen LogP contribution >= 0.6 is 0 Å². The largest absolute Gasteiger partial charge is 0.534 e. The van der Waals surface area contributed by atoms with Gasteiger partial charge in [-0.3, -0.25) is 0 Å². The zero-order valence-electron chi connectivity index (χ0n) is 16.4. The Kier molecular flexibility index (Phi) is 7.04. The highest BCUT2D eigenvalue weighted by Crippen LogP contribution is 2.32. The zero-order valence-corrected chi connectivity index (χ0v) is 17.2. The van der Waals surface area contributed by atoms with E-state index in [2.05, 4.69) is 4.18 Å². The quantitative estimate of drug-likeness (QED) is 0.268. The van der Waals surface area contributed by atoms with Crippen molar-refractivity contribution in [1.29, 1.82) is 0 Å². The molecule has 10 heteroatoms. The van der Waals surface area contributed by atoms with Crippen LogP contribution in [0.15, 0.2) is 78.9 Å². The predicted octanol–water partition coefficient (Wildman–Crippen LogP) is 4.85. The van der Waals surface area contributed by atoms with Crippen molar-refractivity contribution in [3.8, 4) is 11.5 Å². The molecule has 0 aliphatic heterocycles. The lowest BCUT2D eigenvalue weighted by Crippen LogP contribution is -2.28. The van der Waals surface area contributed by atoms with Crippen molar-refractivity contribution >= 4 is 16.1 Å². The first-order valence-corrected chi connectivity index (χ1v) is 10.6. The molecule has 0 saturated heterocycles. The van der Waals surface area contributed by atoms with Gasteiger partial charge < -0.3 is 13.7 Å². The fourth-order valence-corrected chi connectivity index (χ4v) is 3.01. The Morgan fingerprint density at radius 3 is 1.94 bits per heavy atom. The summed E-state index contributed by atoms with van der Waals surface area (Å²) in [6.45, 7) is -0.110. The van der Waals surface area contributed by atoms with Crippen molar-refractivity contribution in [2.24, 2.45) is 0 Å². The van der Waals surface area contributed by atoms with E-state index >= 15 is 0 Å². The Hall–Kier alpha value is -3.53. The molecule has 32 heavy (non-hydrogen) atoms. The van der Waals surface area contributed by atoms with Crippen LogP contribution in [0.1, 0.15) is 21.5 Å². The molecule has 0 aliphatic rings. The maximum Gasteiger partial charge on any atom is 0.534 e. The number of carbonyl (C=O) groups excluding carboxylic acids is 1. The molecule has 0 atom stereocenters. The monoisotopic (exact) mass is 466 g/mol. The molecule has 0 unspecified atom stereocenters. The lowest BCUT2D eigenvalue weighted by Gasteiger charge is -2.14. The number of alkyl halides is 3. The van der Waals surface area contributed by atoms with Gasteiger partial charge in [0.05, 0.1) is 0 Å². The first kappa shape index (κ1) is 23.1. The van der Waals surface area contributed by atoms with Gasteiger partial charge in [-0.05, 0) is 23.3 Å². The van der Waals surface area contributed by atoms with Crippen LogP contribution in [0.2, 0.25) is 0 Å². The lowest BCUT2D eigenvalue weighted by atomic mass is 10.2. The van der Waals surface area contributed by atoms with Gasteiger partial charge in [-0.2, -0.15) is 21.6 Å². The molecule has 168 valence electrons. The third kappa shape index (κ3) is 6.01. The van der Waals surface area contributed by atoms with Gasteiger partial charge in [0, 0.05) is 6.07 Å². The topological polar surface area (TPSA) is 78.9 Å². The minimum atomic E-state index is -6.02. The summed E-state index contributed by atoms with van der Waals surface area (Å²) in [6, 6.07) is 20.7. The molecule has 3 rings (SSSR count). The van der Waals surface area contributed by atoms with Crippen LogP contribution in [0.5, 0.6) is 11.5 Å². The van der Waals surface area contributed by atoms with Gasteiger partial charge in [0.15, 0.2) is 5.75 Å². The Morgan fingerprint density at radius 2 is 1.38 bits per heavy atom. The van der Waals surface area contributed by atoms with Crippen LogP contribution in [0, 0.1) is 0 Å². The van der Waals surface area contributed by atoms with Crippen molar-refractivity contribution in [2.45, 2.75) is 18.7 Å². The number of hydrogen-bond acceptors (Lipinski definition) is 6. The van der Waals surface area contributed by atoms with Gasteiger partial charge in [-0.1, -0.05) is 60.7 Å². The number of hydrogen-bond donors (Lipinski definition) is 0. The Morgan fingerprint density at radius 1 is 0.812 bits per heavy atom. The van der Waals surface area contributed by atoms with Gasteiger partial charge in [-0.15, -0.1) is 0 Å². The minimum absolute atomic E-state index is 0.000775. The molecule has 0 fully saturated rings. The van der Waals surface area contributed by atoms with Gasteiger partial charge in [0.1, 0.15) is 24.5 Å².